The molecule has 0 aromatic heterocycles. The van der Waals surface area contributed by atoms with Crippen LogP contribution in [-0.4, -0.2) is 36.7 Å². The molecular formula is C15H23FO4. The summed E-state index contributed by atoms with van der Waals surface area (Å²) >= 11 is 0. The van der Waals surface area contributed by atoms with Gasteiger partial charge in [0.15, 0.2) is 12.0 Å². The number of esters is 1. The smallest absolute Gasteiger partial charge is 0.309 e. The second-order valence-corrected chi connectivity index (χ2v) is 6.83. The molecule has 4 nitrogen and oxygen atoms in total. The molecule has 2 saturated heterocycles. The lowest BCUT2D eigenvalue weighted by molar-refractivity contribution is -0.344. The molecule has 2 aliphatic heterocycles. The fourth-order valence-electron chi connectivity index (χ4n) is 3.78. The van der Waals surface area contributed by atoms with E-state index in [4.69, 9.17) is 14.2 Å². The first-order valence-corrected chi connectivity index (χ1v) is 7.48. The first kappa shape index (κ1) is 14.3. The first-order chi connectivity index (χ1) is 9.32. The zero-order valence-electron chi connectivity index (χ0n) is 12.5. The van der Waals surface area contributed by atoms with Crippen molar-refractivity contribution in [1.82, 2.24) is 0 Å². The summed E-state index contributed by atoms with van der Waals surface area (Å²) in [4.78, 5) is 11.9. The molecule has 0 radical (unpaired) electrons. The maximum absolute atomic E-state index is 14.1. The van der Waals surface area contributed by atoms with Gasteiger partial charge in [-0.15, -0.1) is 0 Å². The Labute approximate surface area is 118 Å². The minimum Gasteiger partial charge on any atom is -0.459 e. The van der Waals surface area contributed by atoms with E-state index in [1.165, 1.54) is 6.92 Å². The number of fused-ring (bicyclic) bond motifs is 1. The average Bonchev–Trinajstić information content (AvgIpc) is 2.85. The third-order valence-corrected chi connectivity index (χ3v) is 5.59. The Morgan fingerprint density at radius 1 is 1.40 bits per heavy atom. The predicted octanol–water partition coefficient (Wildman–Crippen LogP) is 2.31. The van der Waals surface area contributed by atoms with E-state index in [2.05, 4.69) is 13.8 Å². The van der Waals surface area contributed by atoms with Crippen LogP contribution in [0.25, 0.3) is 0 Å². The summed E-state index contributed by atoms with van der Waals surface area (Å²) in [5, 5.41) is 0. The van der Waals surface area contributed by atoms with Crippen LogP contribution in [0.15, 0.2) is 0 Å². The fourth-order valence-corrected chi connectivity index (χ4v) is 3.78. The largest absolute Gasteiger partial charge is 0.459 e. The number of alkyl halides is 1. The minimum atomic E-state index is -1.46. The van der Waals surface area contributed by atoms with Gasteiger partial charge in [0.05, 0.1) is 18.6 Å². The normalized spacial score (nSPS) is 54.5. The molecule has 5 heteroatoms. The molecule has 114 valence electrons. The average molecular weight is 286 g/mol. The van der Waals surface area contributed by atoms with Crippen LogP contribution in [0.2, 0.25) is 0 Å². The highest BCUT2D eigenvalue weighted by Crippen LogP contribution is 2.48. The van der Waals surface area contributed by atoms with Gasteiger partial charge in [0.1, 0.15) is 6.10 Å². The van der Waals surface area contributed by atoms with Gasteiger partial charge in [-0.25, -0.2) is 4.39 Å². The van der Waals surface area contributed by atoms with Gasteiger partial charge >= 0.3 is 5.97 Å². The van der Waals surface area contributed by atoms with Gasteiger partial charge in [0.25, 0.3) is 0 Å². The van der Waals surface area contributed by atoms with Gasteiger partial charge in [-0.1, -0.05) is 13.8 Å². The standard InChI is InChI=1S/C15H23FO4/c1-7-5-10-12(8(7)2)11(20-13(10)17)6-18-14-15(4,16)9(3)19-14/h7-12,14H,5-6H2,1-4H3. The Kier molecular flexibility index (Phi) is 3.33. The Bertz CT molecular complexity index is 411. The lowest BCUT2D eigenvalue weighted by atomic mass is 9.86. The van der Waals surface area contributed by atoms with Gasteiger partial charge in [0.2, 0.25) is 0 Å². The zero-order valence-corrected chi connectivity index (χ0v) is 12.5. The van der Waals surface area contributed by atoms with E-state index in [1.807, 2.05) is 0 Å². The SMILES string of the molecule is CC1CC2C(=O)OC(COC3OC(C)C3(C)F)C2C1C. The molecule has 0 N–H and O–H groups in total. The summed E-state index contributed by atoms with van der Waals surface area (Å²) in [6, 6.07) is 0. The van der Waals surface area contributed by atoms with E-state index < -0.39 is 18.1 Å². The monoisotopic (exact) mass is 286 g/mol. The van der Waals surface area contributed by atoms with Gasteiger partial charge in [-0.3, -0.25) is 4.79 Å². The second-order valence-electron chi connectivity index (χ2n) is 6.83. The van der Waals surface area contributed by atoms with Crippen molar-refractivity contribution in [2.75, 3.05) is 6.61 Å². The van der Waals surface area contributed by atoms with Crippen molar-refractivity contribution >= 4 is 5.97 Å². The van der Waals surface area contributed by atoms with Crippen molar-refractivity contribution in [1.29, 1.82) is 0 Å². The topological polar surface area (TPSA) is 44.8 Å². The van der Waals surface area contributed by atoms with E-state index in [-0.39, 0.29) is 30.5 Å². The maximum atomic E-state index is 14.1. The minimum absolute atomic E-state index is 0.00778. The van der Waals surface area contributed by atoms with Gasteiger partial charge in [-0.2, -0.15) is 0 Å². The van der Waals surface area contributed by atoms with Crippen LogP contribution in [0.4, 0.5) is 4.39 Å². The predicted molar refractivity (Wildman–Crippen MR) is 69.6 cm³/mol. The van der Waals surface area contributed by atoms with Crippen LogP contribution in [-0.2, 0) is 19.0 Å². The van der Waals surface area contributed by atoms with Crippen molar-refractivity contribution in [3.8, 4) is 0 Å². The summed E-state index contributed by atoms with van der Waals surface area (Å²) in [6.45, 7) is 7.72. The van der Waals surface area contributed by atoms with Crippen molar-refractivity contribution in [3.63, 3.8) is 0 Å². The summed E-state index contributed by atoms with van der Waals surface area (Å²) in [7, 11) is 0. The van der Waals surface area contributed by atoms with E-state index in [1.54, 1.807) is 6.92 Å². The molecule has 3 aliphatic rings. The third-order valence-electron chi connectivity index (χ3n) is 5.59. The Morgan fingerprint density at radius 2 is 2.10 bits per heavy atom. The molecule has 1 saturated carbocycles. The number of cyclic esters (lactones) is 1. The number of hydrogen-bond acceptors (Lipinski definition) is 4. The molecule has 8 atom stereocenters. The molecule has 8 unspecified atom stereocenters. The number of halogens is 1. The van der Waals surface area contributed by atoms with E-state index in [0.717, 1.165) is 6.42 Å². The lowest BCUT2D eigenvalue weighted by Gasteiger charge is -2.45. The van der Waals surface area contributed by atoms with Crippen molar-refractivity contribution in [3.05, 3.63) is 0 Å². The molecule has 0 aromatic rings. The highest BCUT2D eigenvalue weighted by Gasteiger charge is 2.56. The van der Waals surface area contributed by atoms with Gasteiger partial charge < -0.3 is 14.2 Å². The molecule has 0 spiro atoms. The highest BCUT2D eigenvalue weighted by molar-refractivity contribution is 5.75. The summed E-state index contributed by atoms with van der Waals surface area (Å²) in [5.41, 5.74) is -1.46. The third kappa shape index (κ3) is 1.98. The van der Waals surface area contributed by atoms with Crippen LogP contribution in [0.1, 0.15) is 34.1 Å². The van der Waals surface area contributed by atoms with Crippen LogP contribution < -0.4 is 0 Å². The molecule has 0 bridgehead atoms. The summed E-state index contributed by atoms with van der Waals surface area (Å²) < 4.78 is 30.3. The quantitative estimate of drug-likeness (QED) is 0.747. The Balaban J connectivity index is 1.60. The number of carbonyl (C=O) groups is 1. The van der Waals surface area contributed by atoms with E-state index >= 15 is 0 Å². The molecular weight excluding hydrogens is 263 g/mol. The maximum Gasteiger partial charge on any atom is 0.309 e. The van der Waals surface area contributed by atoms with Crippen LogP contribution in [0.3, 0.4) is 0 Å². The zero-order chi connectivity index (χ0) is 14.7. The van der Waals surface area contributed by atoms with Crippen LogP contribution in [0.5, 0.6) is 0 Å². The number of rotatable bonds is 3. The van der Waals surface area contributed by atoms with Gasteiger partial charge in [-0.05, 0) is 32.1 Å². The van der Waals surface area contributed by atoms with Crippen molar-refractivity contribution < 1.29 is 23.4 Å². The second kappa shape index (κ2) is 4.67. The molecule has 0 amide bonds. The summed E-state index contributed by atoms with van der Waals surface area (Å²) in [5.74, 6) is 1.02. The first-order valence-electron chi connectivity index (χ1n) is 7.48. The number of ether oxygens (including phenoxy) is 3. The number of carbonyl (C=O) groups excluding carboxylic acids is 1. The Morgan fingerprint density at radius 3 is 2.70 bits per heavy atom. The molecule has 20 heavy (non-hydrogen) atoms. The molecule has 0 aromatic carbocycles. The fraction of sp³-hybridized carbons (Fsp3) is 0.933. The van der Waals surface area contributed by atoms with Gasteiger partial charge in [0, 0.05) is 5.92 Å². The molecule has 1 aliphatic carbocycles. The van der Waals surface area contributed by atoms with Crippen molar-refractivity contribution in [2.24, 2.45) is 23.7 Å². The lowest BCUT2D eigenvalue weighted by Crippen LogP contribution is -2.60. The Hall–Kier alpha value is -0.680. The van der Waals surface area contributed by atoms with Crippen LogP contribution >= 0.6 is 0 Å². The molecule has 2 heterocycles. The number of hydrogen-bond donors (Lipinski definition) is 0. The highest BCUT2D eigenvalue weighted by atomic mass is 19.1. The summed E-state index contributed by atoms with van der Waals surface area (Å²) in [6.07, 6.45) is -0.664. The molecule has 3 fully saturated rings. The molecule has 3 rings (SSSR count). The van der Waals surface area contributed by atoms with Crippen LogP contribution in [0, 0.1) is 23.7 Å². The van der Waals surface area contributed by atoms with E-state index in [0.29, 0.717) is 11.8 Å². The van der Waals surface area contributed by atoms with Crippen molar-refractivity contribution in [2.45, 2.75) is 58.3 Å². The van der Waals surface area contributed by atoms with E-state index in [9.17, 15) is 9.18 Å².